The van der Waals surface area contributed by atoms with Gasteiger partial charge in [-0.3, -0.25) is 24.5 Å². The standard InChI is InChI=1S/C27H32N4O6/c1-5-37-22-16-31(17-22)15-21-13-10-19(14-23(21)36-4)7-6-18-8-11-20(12-9-18)27(34)30(3)24(25(32)28-2)26(33)29-35/h8-14,22,24,35H,5,15-17H2,1-4H3,(H,28,32)(H,29,33). The van der Waals surface area contributed by atoms with Crippen LogP contribution in [-0.2, 0) is 20.9 Å². The number of benzene rings is 2. The highest BCUT2D eigenvalue weighted by atomic mass is 16.5. The number of hydrogen-bond donors (Lipinski definition) is 3. The summed E-state index contributed by atoms with van der Waals surface area (Å²) in [6.45, 7) is 5.34. The smallest absolute Gasteiger partial charge is 0.275 e. The van der Waals surface area contributed by atoms with Gasteiger partial charge < -0.3 is 19.7 Å². The van der Waals surface area contributed by atoms with Gasteiger partial charge in [0.1, 0.15) is 5.75 Å². The van der Waals surface area contributed by atoms with E-state index in [2.05, 4.69) is 22.1 Å². The van der Waals surface area contributed by atoms with Crippen LogP contribution in [0.15, 0.2) is 42.5 Å². The molecule has 0 aliphatic carbocycles. The molecule has 1 unspecified atom stereocenters. The largest absolute Gasteiger partial charge is 0.496 e. The number of methoxy groups -OCH3 is 1. The van der Waals surface area contributed by atoms with Crippen molar-refractivity contribution in [3.05, 3.63) is 64.7 Å². The van der Waals surface area contributed by atoms with E-state index in [4.69, 9.17) is 14.7 Å². The zero-order valence-electron chi connectivity index (χ0n) is 21.4. The third kappa shape index (κ3) is 6.86. The van der Waals surface area contributed by atoms with Gasteiger partial charge in [-0.05, 0) is 43.3 Å². The molecular formula is C27H32N4O6. The number of likely N-dealkylation sites (tertiary alicyclic amines) is 1. The van der Waals surface area contributed by atoms with Crippen LogP contribution >= 0.6 is 0 Å². The summed E-state index contributed by atoms with van der Waals surface area (Å²) in [7, 11) is 4.28. The maximum absolute atomic E-state index is 12.8. The fraction of sp³-hybridized carbons (Fsp3) is 0.370. The van der Waals surface area contributed by atoms with Crippen molar-refractivity contribution in [3.63, 3.8) is 0 Å². The fourth-order valence-corrected chi connectivity index (χ4v) is 4.02. The topological polar surface area (TPSA) is 120 Å². The molecule has 3 rings (SSSR count). The molecule has 1 saturated heterocycles. The lowest BCUT2D eigenvalue weighted by molar-refractivity contribution is -0.140. The van der Waals surface area contributed by atoms with Crippen molar-refractivity contribution in [3.8, 4) is 17.6 Å². The van der Waals surface area contributed by atoms with Crippen molar-refractivity contribution in [2.75, 3.05) is 40.9 Å². The Bertz CT molecular complexity index is 1170. The minimum Gasteiger partial charge on any atom is -0.496 e. The lowest BCUT2D eigenvalue weighted by atomic mass is 10.1. The first-order valence-corrected chi connectivity index (χ1v) is 11.9. The number of likely N-dealkylation sites (N-methyl/N-ethyl adjacent to an activating group) is 2. The molecule has 2 aromatic rings. The van der Waals surface area contributed by atoms with E-state index in [0.717, 1.165) is 48.0 Å². The first-order chi connectivity index (χ1) is 17.8. The van der Waals surface area contributed by atoms with Crippen LogP contribution in [-0.4, -0.2) is 85.8 Å². The molecule has 10 heteroatoms. The third-order valence-electron chi connectivity index (χ3n) is 6.05. The van der Waals surface area contributed by atoms with E-state index >= 15 is 0 Å². The molecule has 0 saturated carbocycles. The molecule has 37 heavy (non-hydrogen) atoms. The number of carbonyl (C=O) groups excluding carboxylic acids is 3. The predicted octanol–water partition coefficient (Wildman–Crippen LogP) is 1.01. The van der Waals surface area contributed by atoms with E-state index in [9.17, 15) is 14.4 Å². The zero-order valence-corrected chi connectivity index (χ0v) is 21.4. The van der Waals surface area contributed by atoms with E-state index in [-0.39, 0.29) is 5.56 Å². The van der Waals surface area contributed by atoms with E-state index in [1.807, 2.05) is 25.1 Å². The van der Waals surface area contributed by atoms with Crippen molar-refractivity contribution in [2.24, 2.45) is 0 Å². The number of hydroxylamine groups is 1. The van der Waals surface area contributed by atoms with Gasteiger partial charge in [0.15, 0.2) is 6.04 Å². The van der Waals surface area contributed by atoms with Gasteiger partial charge >= 0.3 is 0 Å². The van der Waals surface area contributed by atoms with E-state index < -0.39 is 23.8 Å². The summed E-state index contributed by atoms with van der Waals surface area (Å²) in [6, 6.07) is 10.8. The predicted molar refractivity (Wildman–Crippen MR) is 136 cm³/mol. The second kappa shape index (κ2) is 12.9. The number of nitrogens with zero attached hydrogens (tertiary/aromatic N) is 2. The molecule has 1 aliphatic heterocycles. The summed E-state index contributed by atoms with van der Waals surface area (Å²) in [5.74, 6) is 4.64. The van der Waals surface area contributed by atoms with Gasteiger partial charge in [-0.2, -0.15) is 0 Å². The highest BCUT2D eigenvalue weighted by molar-refractivity contribution is 6.08. The maximum Gasteiger partial charge on any atom is 0.275 e. The molecule has 1 fully saturated rings. The molecule has 0 radical (unpaired) electrons. The monoisotopic (exact) mass is 508 g/mol. The Labute approximate surface area is 216 Å². The average molecular weight is 509 g/mol. The quantitative estimate of drug-likeness (QED) is 0.200. The molecule has 3 amide bonds. The van der Waals surface area contributed by atoms with E-state index in [1.165, 1.54) is 19.6 Å². The molecule has 0 aromatic heterocycles. The van der Waals surface area contributed by atoms with Gasteiger partial charge in [-0.25, -0.2) is 5.48 Å². The van der Waals surface area contributed by atoms with Crippen molar-refractivity contribution in [1.82, 2.24) is 20.6 Å². The maximum atomic E-state index is 12.8. The Morgan fingerprint density at radius 3 is 2.35 bits per heavy atom. The summed E-state index contributed by atoms with van der Waals surface area (Å²) >= 11 is 0. The molecule has 1 atom stereocenters. The van der Waals surface area contributed by atoms with Crippen LogP contribution in [0, 0.1) is 11.8 Å². The molecule has 1 heterocycles. The normalized spacial score (nSPS) is 14.0. The van der Waals surface area contributed by atoms with Gasteiger partial charge in [-0.15, -0.1) is 0 Å². The third-order valence-corrected chi connectivity index (χ3v) is 6.05. The summed E-state index contributed by atoms with van der Waals surface area (Å²) in [5.41, 5.74) is 4.23. The second-order valence-electron chi connectivity index (χ2n) is 8.53. The first kappa shape index (κ1) is 27.7. The number of nitrogens with one attached hydrogen (secondary N) is 2. The molecular weight excluding hydrogens is 476 g/mol. The van der Waals surface area contributed by atoms with Crippen LogP contribution in [0.3, 0.4) is 0 Å². The molecule has 0 spiro atoms. The van der Waals surface area contributed by atoms with Gasteiger partial charge in [0, 0.05) is 62.6 Å². The lowest BCUT2D eigenvalue weighted by Crippen LogP contribution is -2.54. The molecule has 196 valence electrons. The molecule has 1 aliphatic rings. The van der Waals surface area contributed by atoms with Crippen LogP contribution < -0.4 is 15.5 Å². The van der Waals surface area contributed by atoms with Crippen LogP contribution in [0.5, 0.6) is 5.75 Å². The number of rotatable bonds is 9. The molecule has 3 N–H and O–H groups in total. The van der Waals surface area contributed by atoms with Gasteiger partial charge in [0.25, 0.3) is 17.7 Å². The van der Waals surface area contributed by atoms with Crippen molar-refractivity contribution < 1.29 is 29.1 Å². The van der Waals surface area contributed by atoms with Crippen molar-refractivity contribution in [1.29, 1.82) is 0 Å². The summed E-state index contributed by atoms with van der Waals surface area (Å²) in [6.07, 6.45) is 0.306. The van der Waals surface area contributed by atoms with Gasteiger partial charge in [0.05, 0.1) is 13.2 Å². The van der Waals surface area contributed by atoms with Crippen LogP contribution in [0.1, 0.15) is 34.0 Å². The average Bonchev–Trinajstić information content (AvgIpc) is 2.90. The first-order valence-electron chi connectivity index (χ1n) is 11.9. The van der Waals surface area contributed by atoms with Crippen LogP contribution in [0.4, 0.5) is 0 Å². The Morgan fingerprint density at radius 2 is 1.76 bits per heavy atom. The number of hydrogen-bond acceptors (Lipinski definition) is 7. The number of carbonyl (C=O) groups is 3. The number of ether oxygens (including phenoxy) is 2. The molecule has 0 bridgehead atoms. The van der Waals surface area contributed by atoms with Gasteiger partial charge in [-0.1, -0.05) is 17.9 Å². The zero-order chi connectivity index (χ0) is 26.9. The van der Waals surface area contributed by atoms with Crippen LogP contribution in [0.2, 0.25) is 0 Å². The fourth-order valence-electron chi connectivity index (χ4n) is 4.02. The Balaban J connectivity index is 1.67. The Kier molecular flexibility index (Phi) is 9.63. The van der Waals surface area contributed by atoms with Crippen LogP contribution in [0.25, 0.3) is 0 Å². The van der Waals surface area contributed by atoms with Crippen molar-refractivity contribution >= 4 is 17.7 Å². The Morgan fingerprint density at radius 1 is 1.11 bits per heavy atom. The second-order valence-corrected chi connectivity index (χ2v) is 8.53. The number of amides is 3. The molecule has 2 aromatic carbocycles. The van der Waals surface area contributed by atoms with E-state index in [1.54, 1.807) is 31.4 Å². The minimum absolute atomic E-state index is 0.260. The van der Waals surface area contributed by atoms with E-state index in [0.29, 0.717) is 11.7 Å². The highest BCUT2D eigenvalue weighted by Crippen LogP contribution is 2.24. The molecule has 10 nitrogen and oxygen atoms in total. The van der Waals surface area contributed by atoms with Crippen molar-refractivity contribution in [2.45, 2.75) is 25.6 Å². The SMILES string of the molecule is CCOC1CN(Cc2ccc(C#Cc3ccc(C(=O)N(C)C(C(=O)NC)C(=O)NO)cc3)cc2OC)C1. The lowest BCUT2D eigenvalue weighted by Gasteiger charge is -2.38. The Hall–Kier alpha value is -3.91. The summed E-state index contributed by atoms with van der Waals surface area (Å²) in [4.78, 5) is 40.0. The summed E-state index contributed by atoms with van der Waals surface area (Å²) < 4.78 is 11.2. The summed E-state index contributed by atoms with van der Waals surface area (Å²) in [5, 5.41) is 11.2. The van der Waals surface area contributed by atoms with Gasteiger partial charge in [0.2, 0.25) is 0 Å². The minimum atomic E-state index is -1.52. The highest BCUT2D eigenvalue weighted by Gasteiger charge is 2.33.